The number of alkyl halides is 2. The molecule has 4 aromatic rings. The summed E-state index contributed by atoms with van der Waals surface area (Å²) in [6.07, 6.45) is 15.0. The number of halogens is 4. The van der Waals surface area contributed by atoms with Crippen LogP contribution in [0.1, 0.15) is 115 Å². The van der Waals surface area contributed by atoms with Gasteiger partial charge in [-0.1, -0.05) is 57.5 Å². The van der Waals surface area contributed by atoms with Gasteiger partial charge in [0.25, 0.3) is 5.92 Å². The van der Waals surface area contributed by atoms with E-state index in [1.807, 2.05) is 18.7 Å². The van der Waals surface area contributed by atoms with Gasteiger partial charge in [-0.3, -0.25) is 4.68 Å². The average molecular weight is 941 g/mol. The zero-order valence-electron chi connectivity index (χ0n) is 39.8. The molecule has 2 aromatic carbocycles. The van der Waals surface area contributed by atoms with Crippen LogP contribution in [0.15, 0.2) is 79.4 Å². The highest BCUT2D eigenvalue weighted by Crippen LogP contribution is 2.47. The molecule has 15 heteroatoms. The largest absolute Gasteiger partial charge is 0.376 e. The number of hydrogen-bond acceptors (Lipinski definition) is 10. The van der Waals surface area contributed by atoms with Crippen LogP contribution in [0.5, 0.6) is 0 Å². The number of rotatable bonds is 15. The van der Waals surface area contributed by atoms with Crippen LogP contribution >= 0.6 is 11.6 Å². The van der Waals surface area contributed by atoms with Crippen LogP contribution < -0.4 is 36.4 Å². The lowest BCUT2D eigenvalue weighted by molar-refractivity contribution is -0.0320. The number of anilines is 5. The first-order valence-electron chi connectivity index (χ1n) is 24.3. The molecule has 2 unspecified atom stereocenters. The zero-order chi connectivity index (χ0) is 47.5. The van der Waals surface area contributed by atoms with E-state index in [2.05, 4.69) is 86.2 Å². The van der Waals surface area contributed by atoms with Crippen molar-refractivity contribution in [2.45, 2.75) is 116 Å². The highest BCUT2D eigenvalue weighted by atomic mass is 35.5. The highest BCUT2D eigenvalue weighted by molar-refractivity contribution is 6.33. The number of aryl methyl sites for hydroxylation is 1. The van der Waals surface area contributed by atoms with Gasteiger partial charge in [0.05, 0.1) is 34.8 Å². The number of fused-ring (bicyclic) bond motifs is 1. The summed E-state index contributed by atoms with van der Waals surface area (Å²) in [5.74, 6) is -1.85. The molecule has 0 radical (unpaired) electrons. The fourth-order valence-corrected chi connectivity index (χ4v) is 10.2. The molecular formula is C52H69ClF3N11. The molecule has 2 aliphatic carbocycles. The molecule has 11 nitrogen and oxygen atoms in total. The standard InChI is InChI=1S/C49H63ClF3N11.C3H6/c1-8-21-63(35-11-13-37-43(23-35)62(7)61-45(37)36-12-10-31(4)57-32(36)5)22-20-54-26-34-15-17-48(18-16-34)28-64(29-48)47-56-27-39(50)46(60-47)59-42-24-38(41(55-9-2)25-40(42)51)44-30(3)14-19-49(52,53)33(6)58-44;1-2-3-1/h9,11,13,23-25,27,33-34,36,54-55,57-58H,2,4-5,8,10,12,14-22,26,28-29H2,1,3,6-7H3,(H,56,59,60);1-3H2. The van der Waals surface area contributed by atoms with Gasteiger partial charge in [-0.25, -0.2) is 18.2 Å². The molecule has 5 N–H and O–H groups in total. The second kappa shape index (κ2) is 20.6. The van der Waals surface area contributed by atoms with E-state index in [4.69, 9.17) is 21.7 Å². The van der Waals surface area contributed by atoms with E-state index in [0.717, 1.165) is 99.6 Å². The van der Waals surface area contributed by atoms with Gasteiger partial charge in [-0.15, -0.1) is 0 Å². The van der Waals surface area contributed by atoms with Gasteiger partial charge in [-0.05, 0) is 114 Å². The van der Waals surface area contributed by atoms with Crippen molar-refractivity contribution in [1.82, 2.24) is 35.7 Å². The number of nitrogens with zero attached hydrogens (tertiary/aromatic N) is 6. The van der Waals surface area contributed by atoms with Gasteiger partial charge in [-0.2, -0.15) is 10.1 Å². The van der Waals surface area contributed by atoms with Crippen molar-refractivity contribution in [2.24, 2.45) is 18.4 Å². The lowest BCUT2D eigenvalue weighted by Gasteiger charge is -2.53. The Balaban J connectivity index is 0.00000195. The molecule has 3 aliphatic heterocycles. The molecule has 9 rings (SSSR count). The third-order valence-corrected chi connectivity index (χ3v) is 14.5. The van der Waals surface area contributed by atoms with Gasteiger partial charge in [0.1, 0.15) is 10.8 Å². The number of hydrogen-bond donors (Lipinski definition) is 5. The number of allylic oxidation sites excluding steroid dienone is 3. The SMILES string of the molecule is C1CC1.C=CNc1cc(F)c(Nc2nc(N3CC4(CCC(CNCCN(CCC)c5ccc6c(C7CCC(=C)NC7=C)nn(C)c6c5)CC4)C3)ncc2Cl)cc1C1=C(C)CCC(F)(F)C(C)N1. The van der Waals surface area contributed by atoms with Crippen molar-refractivity contribution in [1.29, 1.82) is 0 Å². The van der Waals surface area contributed by atoms with Gasteiger partial charge >= 0.3 is 0 Å². The summed E-state index contributed by atoms with van der Waals surface area (Å²) in [5.41, 5.74) is 7.99. The predicted octanol–water partition coefficient (Wildman–Crippen LogP) is 11.8. The zero-order valence-corrected chi connectivity index (χ0v) is 40.6. The number of nitrogens with one attached hydrogen (secondary N) is 5. The average Bonchev–Trinajstić information content (AvgIpc) is 4.16. The summed E-state index contributed by atoms with van der Waals surface area (Å²) in [6, 6.07) is 8.58. The molecule has 2 saturated heterocycles. The molecule has 0 amide bonds. The fraction of sp³-hybridized carbons (Fsp3) is 0.519. The number of aromatic nitrogens is 4. The van der Waals surface area contributed by atoms with Crippen LogP contribution in [0.3, 0.4) is 0 Å². The molecule has 67 heavy (non-hydrogen) atoms. The van der Waals surface area contributed by atoms with Gasteiger partial charge < -0.3 is 36.4 Å². The molecule has 0 bridgehead atoms. The van der Waals surface area contributed by atoms with E-state index in [9.17, 15) is 8.78 Å². The van der Waals surface area contributed by atoms with Gasteiger partial charge in [0.15, 0.2) is 5.82 Å². The maximum absolute atomic E-state index is 15.7. The predicted molar refractivity (Wildman–Crippen MR) is 270 cm³/mol. The van der Waals surface area contributed by atoms with E-state index >= 15 is 4.39 Å². The Morgan fingerprint density at radius 3 is 2.48 bits per heavy atom. The Morgan fingerprint density at radius 1 is 1.01 bits per heavy atom. The highest BCUT2D eigenvalue weighted by Gasteiger charge is 2.46. The van der Waals surface area contributed by atoms with Crippen molar-refractivity contribution in [2.75, 3.05) is 59.7 Å². The third kappa shape index (κ3) is 11.1. The van der Waals surface area contributed by atoms with Crippen LogP contribution in [0.25, 0.3) is 16.6 Å². The van der Waals surface area contributed by atoms with Crippen LogP contribution in [-0.4, -0.2) is 71.0 Å². The van der Waals surface area contributed by atoms with Crippen molar-refractivity contribution < 1.29 is 13.2 Å². The van der Waals surface area contributed by atoms with Gasteiger partial charge in [0.2, 0.25) is 5.95 Å². The van der Waals surface area contributed by atoms with E-state index in [-0.39, 0.29) is 40.7 Å². The maximum atomic E-state index is 15.7. The normalized spacial score (nSPS) is 21.2. The first-order chi connectivity index (χ1) is 32.2. The van der Waals surface area contributed by atoms with Crippen LogP contribution in [0.4, 0.5) is 42.0 Å². The molecule has 360 valence electrons. The van der Waals surface area contributed by atoms with Crippen molar-refractivity contribution >= 4 is 57.0 Å². The Bertz CT molecular complexity index is 2480. The molecule has 5 aliphatic rings. The van der Waals surface area contributed by atoms with Crippen LogP contribution in [0.2, 0.25) is 5.02 Å². The summed E-state index contributed by atoms with van der Waals surface area (Å²) in [5, 5.41) is 22.6. The summed E-state index contributed by atoms with van der Waals surface area (Å²) in [4.78, 5) is 13.9. The summed E-state index contributed by atoms with van der Waals surface area (Å²) in [6.45, 7) is 23.1. The Morgan fingerprint density at radius 2 is 1.78 bits per heavy atom. The molecule has 5 heterocycles. The summed E-state index contributed by atoms with van der Waals surface area (Å²) < 4.78 is 47.1. The molecule has 2 saturated carbocycles. The lowest BCUT2D eigenvalue weighted by Crippen LogP contribution is -2.58. The second-order valence-electron chi connectivity index (χ2n) is 19.6. The van der Waals surface area contributed by atoms with Crippen molar-refractivity contribution in [3.63, 3.8) is 0 Å². The van der Waals surface area contributed by atoms with E-state index in [1.165, 1.54) is 68.6 Å². The lowest BCUT2D eigenvalue weighted by atomic mass is 9.66. The van der Waals surface area contributed by atoms with Crippen LogP contribution in [-0.2, 0) is 7.05 Å². The molecule has 2 aromatic heterocycles. The Labute approximate surface area is 399 Å². The van der Waals surface area contributed by atoms with E-state index < -0.39 is 17.8 Å². The molecular weight excluding hydrogens is 871 g/mol. The minimum atomic E-state index is -2.89. The number of benzene rings is 2. The molecule has 4 fully saturated rings. The van der Waals surface area contributed by atoms with Crippen molar-refractivity contribution in [3.8, 4) is 0 Å². The minimum absolute atomic E-state index is 0.110. The van der Waals surface area contributed by atoms with E-state index in [1.54, 1.807) is 6.07 Å². The first kappa shape index (κ1) is 48.3. The smallest absolute Gasteiger partial charge is 0.267 e. The third-order valence-electron chi connectivity index (χ3n) is 14.3. The first-order valence-corrected chi connectivity index (χ1v) is 24.7. The molecule has 2 atom stereocenters. The van der Waals surface area contributed by atoms with Crippen molar-refractivity contribution in [3.05, 3.63) is 102 Å². The Hall–Kier alpha value is -5.21. The maximum Gasteiger partial charge on any atom is 0.267 e. The van der Waals surface area contributed by atoms with Gasteiger partial charge in [0, 0.05) is 97.3 Å². The topological polar surface area (TPSA) is 110 Å². The molecule has 1 spiro atoms. The Kier molecular flexibility index (Phi) is 14.8. The monoisotopic (exact) mass is 940 g/mol. The number of piperidine rings is 1. The summed E-state index contributed by atoms with van der Waals surface area (Å²) in [7, 11) is 2.03. The fourth-order valence-electron chi connectivity index (χ4n) is 10.1. The summed E-state index contributed by atoms with van der Waals surface area (Å²) >= 11 is 6.59. The quantitative estimate of drug-likeness (QED) is 0.0739. The second-order valence-corrected chi connectivity index (χ2v) is 20.0. The van der Waals surface area contributed by atoms with Crippen LogP contribution in [0, 0.1) is 17.2 Å². The van der Waals surface area contributed by atoms with E-state index in [0.29, 0.717) is 28.8 Å². The minimum Gasteiger partial charge on any atom is -0.376 e.